The molecule has 5 nitrogen and oxygen atoms in total. The Labute approximate surface area is 120 Å². The molecular weight excluding hydrogens is 280 g/mol. The van der Waals surface area contributed by atoms with Gasteiger partial charge in [0.25, 0.3) is 0 Å². The van der Waals surface area contributed by atoms with Crippen molar-refractivity contribution in [3.63, 3.8) is 0 Å². The fraction of sp³-hybridized carbons (Fsp3) is 0.286. The van der Waals surface area contributed by atoms with Crippen LogP contribution in [0.1, 0.15) is 18.4 Å². The maximum atomic E-state index is 10.6. The average molecular weight is 295 g/mol. The summed E-state index contributed by atoms with van der Waals surface area (Å²) in [5.41, 5.74) is 1.96. The van der Waals surface area contributed by atoms with Crippen molar-refractivity contribution < 1.29 is 14.7 Å². The number of carboxylic acid groups (broad SMARTS) is 1. The number of carbonyl (C=O) groups excluding carboxylic acids is 1. The van der Waals surface area contributed by atoms with Crippen LogP contribution >= 0.6 is 11.6 Å². The van der Waals surface area contributed by atoms with E-state index in [1.165, 1.54) is 0 Å². The molecule has 0 aliphatic heterocycles. The number of carboxylic acids is 1. The summed E-state index contributed by atoms with van der Waals surface area (Å²) in [7, 11) is 0. The van der Waals surface area contributed by atoms with Gasteiger partial charge in [-0.25, -0.2) is 0 Å². The molecule has 0 bridgehead atoms. The zero-order valence-electron chi connectivity index (χ0n) is 10.7. The highest BCUT2D eigenvalue weighted by Gasteiger charge is 2.13. The van der Waals surface area contributed by atoms with Crippen LogP contribution in [0.25, 0.3) is 10.9 Å². The van der Waals surface area contributed by atoms with Gasteiger partial charge in [-0.15, -0.1) is 0 Å². The van der Waals surface area contributed by atoms with E-state index in [0.29, 0.717) is 24.3 Å². The molecule has 0 radical (unpaired) electrons. The van der Waals surface area contributed by atoms with Crippen molar-refractivity contribution in [3.8, 4) is 0 Å². The first-order valence-corrected chi connectivity index (χ1v) is 6.65. The van der Waals surface area contributed by atoms with Crippen LogP contribution in [0.2, 0.25) is 5.02 Å². The van der Waals surface area contributed by atoms with Gasteiger partial charge in [-0.05, 0) is 30.5 Å². The minimum absolute atomic E-state index is 0.0275. The monoisotopic (exact) mass is 294 g/mol. The highest BCUT2D eigenvalue weighted by atomic mass is 35.5. The topological polar surface area (TPSA) is 82.2 Å². The maximum Gasteiger partial charge on any atom is 0.303 e. The minimum Gasteiger partial charge on any atom is -0.481 e. The van der Waals surface area contributed by atoms with Gasteiger partial charge in [0.05, 0.1) is 0 Å². The first-order chi connectivity index (χ1) is 9.60. The summed E-state index contributed by atoms with van der Waals surface area (Å²) in [4.78, 5) is 24.4. The predicted octanol–water partition coefficient (Wildman–Crippen LogP) is 2.34. The lowest BCUT2D eigenvalue weighted by atomic mass is 10.0. The fourth-order valence-electron chi connectivity index (χ4n) is 2.23. The normalized spacial score (nSPS) is 12.2. The number of hydrogen-bond acceptors (Lipinski definition) is 2. The van der Waals surface area contributed by atoms with Gasteiger partial charge in [0.15, 0.2) is 0 Å². The van der Waals surface area contributed by atoms with Gasteiger partial charge < -0.3 is 15.4 Å². The predicted molar refractivity (Wildman–Crippen MR) is 76.9 cm³/mol. The summed E-state index contributed by atoms with van der Waals surface area (Å²) in [6.45, 7) is 0. The van der Waals surface area contributed by atoms with Crippen LogP contribution in [-0.2, 0) is 16.0 Å². The van der Waals surface area contributed by atoms with Crippen molar-refractivity contribution in [2.24, 2.45) is 0 Å². The number of halogens is 1. The number of aromatic amines is 1. The molecule has 6 heteroatoms. The third-order valence-corrected chi connectivity index (χ3v) is 3.44. The molecule has 20 heavy (non-hydrogen) atoms. The summed E-state index contributed by atoms with van der Waals surface area (Å²) < 4.78 is 0. The van der Waals surface area contributed by atoms with Crippen molar-refractivity contribution in [1.82, 2.24) is 10.3 Å². The number of rotatable bonds is 7. The third-order valence-electron chi connectivity index (χ3n) is 3.21. The molecule has 2 rings (SSSR count). The Morgan fingerprint density at radius 2 is 2.30 bits per heavy atom. The number of amides is 1. The van der Waals surface area contributed by atoms with Crippen molar-refractivity contribution in [2.45, 2.75) is 25.3 Å². The SMILES string of the molecule is O=CNC(CCC(=O)O)Cc1c[nH]c2cc(Cl)ccc12. The van der Waals surface area contributed by atoms with E-state index < -0.39 is 5.97 Å². The van der Waals surface area contributed by atoms with Crippen LogP contribution in [0.5, 0.6) is 0 Å². The molecule has 1 unspecified atom stereocenters. The molecule has 0 aliphatic carbocycles. The highest BCUT2D eigenvalue weighted by molar-refractivity contribution is 6.31. The summed E-state index contributed by atoms with van der Waals surface area (Å²) in [6.07, 6.45) is 3.47. The van der Waals surface area contributed by atoms with E-state index in [9.17, 15) is 9.59 Å². The molecule has 1 aromatic carbocycles. The van der Waals surface area contributed by atoms with Gasteiger partial charge in [-0.1, -0.05) is 17.7 Å². The Balaban J connectivity index is 2.15. The van der Waals surface area contributed by atoms with E-state index in [1.54, 1.807) is 6.07 Å². The van der Waals surface area contributed by atoms with Gasteiger partial charge in [0.1, 0.15) is 0 Å². The van der Waals surface area contributed by atoms with Gasteiger partial charge in [-0.3, -0.25) is 9.59 Å². The number of fused-ring (bicyclic) bond motifs is 1. The molecule has 0 saturated carbocycles. The highest BCUT2D eigenvalue weighted by Crippen LogP contribution is 2.23. The first kappa shape index (κ1) is 14.4. The van der Waals surface area contributed by atoms with Crippen molar-refractivity contribution >= 4 is 34.9 Å². The first-order valence-electron chi connectivity index (χ1n) is 6.27. The number of aromatic nitrogens is 1. The van der Waals surface area contributed by atoms with E-state index in [-0.39, 0.29) is 12.5 Å². The number of benzene rings is 1. The van der Waals surface area contributed by atoms with Crippen LogP contribution in [0.4, 0.5) is 0 Å². The van der Waals surface area contributed by atoms with Gasteiger partial charge >= 0.3 is 5.97 Å². The zero-order valence-corrected chi connectivity index (χ0v) is 11.5. The second-order valence-electron chi connectivity index (χ2n) is 4.62. The van der Waals surface area contributed by atoms with E-state index >= 15 is 0 Å². The zero-order chi connectivity index (χ0) is 14.5. The maximum absolute atomic E-state index is 10.6. The summed E-state index contributed by atoms with van der Waals surface area (Å²) >= 11 is 5.92. The lowest BCUT2D eigenvalue weighted by Crippen LogP contribution is -2.30. The standard InChI is InChI=1S/C14H15ClN2O3/c15-10-1-3-12-9(7-16-13(12)6-10)5-11(17-8-18)2-4-14(19)20/h1,3,6-8,11,16H,2,4-5H2,(H,17,18)(H,19,20). The quantitative estimate of drug-likeness (QED) is 0.686. The Bertz CT molecular complexity index is 624. The van der Waals surface area contributed by atoms with Crippen LogP contribution in [0.3, 0.4) is 0 Å². The third kappa shape index (κ3) is 3.51. The van der Waals surface area contributed by atoms with Crippen molar-refractivity contribution in [2.75, 3.05) is 0 Å². The minimum atomic E-state index is -0.867. The largest absolute Gasteiger partial charge is 0.481 e. The number of aliphatic carboxylic acids is 1. The van der Waals surface area contributed by atoms with E-state index in [4.69, 9.17) is 16.7 Å². The number of hydrogen-bond donors (Lipinski definition) is 3. The molecule has 0 aliphatic rings. The van der Waals surface area contributed by atoms with Crippen LogP contribution in [-0.4, -0.2) is 28.5 Å². The Morgan fingerprint density at radius 3 is 3.00 bits per heavy atom. The molecule has 1 heterocycles. The molecule has 1 aromatic heterocycles. The second kappa shape index (κ2) is 6.43. The Hall–Kier alpha value is -2.01. The molecule has 1 atom stereocenters. The number of nitrogens with one attached hydrogen (secondary N) is 2. The van der Waals surface area contributed by atoms with E-state index in [2.05, 4.69) is 10.3 Å². The molecule has 0 fully saturated rings. The van der Waals surface area contributed by atoms with E-state index in [1.807, 2.05) is 18.3 Å². The molecule has 0 spiro atoms. The number of carbonyl (C=O) groups is 2. The van der Waals surface area contributed by atoms with Crippen LogP contribution < -0.4 is 5.32 Å². The average Bonchev–Trinajstić information content (AvgIpc) is 2.78. The summed E-state index contributed by atoms with van der Waals surface area (Å²) in [5, 5.41) is 13.1. The molecule has 106 valence electrons. The second-order valence-corrected chi connectivity index (χ2v) is 5.06. The van der Waals surface area contributed by atoms with Crippen LogP contribution in [0, 0.1) is 0 Å². The Kier molecular flexibility index (Phi) is 4.63. The summed E-state index contributed by atoms with van der Waals surface area (Å²) in [6, 6.07) is 5.36. The summed E-state index contributed by atoms with van der Waals surface area (Å²) in [5.74, 6) is -0.867. The van der Waals surface area contributed by atoms with Crippen molar-refractivity contribution in [1.29, 1.82) is 0 Å². The van der Waals surface area contributed by atoms with Gasteiger partial charge in [0.2, 0.25) is 6.41 Å². The molecule has 2 aromatic rings. The Morgan fingerprint density at radius 1 is 1.50 bits per heavy atom. The van der Waals surface area contributed by atoms with Gasteiger partial charge in [0, 0.05) is 34.6 Å². The fourth-order valence-corrected chi connectivity index (χ4v) is 2.40. The smallest absolute Gasteiger partial charge is 0.303 e. The number of H-pyrrole nitrogens is 1. The molecule has 0 saturated heterocycles. The van der Waals surface area contributed by atoms with E-state index in [0.717, 1.165) is 16.5 Å². The van der Waals surface area contributed by atoms with Crippen molar-refractivity contribution in [3.05, 3.63) is 35.0 Å². The lowest BCUT2D eigenvalue weighted by molar-refractivity contribution is -0.137. The van der Waals surface area contributed by atoms with Crippen LogP contribution in [0.15, 0.2) is 24.4 Å². The molecule has 3 N–H and O–H groups in total. The molecular formula is C14H15ClN2O3. The van der Waals surface area contributed by atoms with Gasteiger partial charge in [-0.2, -0.15) is 0 Å². The lowest BCUT2D eigenvalue weighted by Gasteiger charge is -2.14. The molecule has 1 amide bonds.